The van der Waals surface area contributed by atoms with Gasteiger partial charge in [0.25, 0.3) is 5.91 Å². The molecule has 0 aliphatic rings. The van der Waals surface area contributed by atoms with Crippen LogP contribution in [0.2, 0.25) is 0 Å². The van der Waals surface area contributed by atoms with Crippen LogP contribution in [0.5, 0.6) is 5.88 Å². The van der Waals surface area contributed by atoms with Crippen molar-refractivity contribution in [2.24, 2.45) is 10.2 Å². The summed E-state index contributed by atoms with van der Waals surface area (Å²) in [5, 5.41) is 18.1. The van der Waals surface area contributed by atoms with Crippen molar-refractivity contribution in [3.8, 4) is 5.88 Å². The zero-order valence-electron chi connectivity index (χ0n) is 16.0. The molecule has 152 valence electrons. The van der Waals surface area contributed by atoms with E-state index in [4.69, 9.17) is 0 Å². The topological polar surface area (TPSA) is 115 Å². The Balaban J connectivity index is 1.90. The van der Waals surface area contributed by atoms with Crippen LogP contribution in [0.15, 0.2) is 51.1 Å². The summed E-state index contributed by atoms with van der Waals surface area (Å²) in [7, 11) is -3.72. The van der Waals surface area contributed by atoms with Gasteiger partial charge in [-0.3, -0.25) is 9.10 Å². The molecule has 0 bridgehead atoms. The van der Waals surface area contributed by atoms with E-state index in [0.29, 0.717) is 16.6 Å². The van der Waals surface area contributed by atoms with E-state index in [1.807, 2.05) is 19.9 Å². The summed E-state index contributed by atoms with van der Waals surface area (Å²) >= 11 is 3.34. The van der Waals surface area contributed by atoms with Crippen LogP contribution in [-0.4, -0.2) is 37.2 Å². The first-order valence-corrected chi connectivity index (χ1v) is 11.2. The highest BCUT2D eigenvalue weighted by Gasteiger charge is 2.21. The number of halogens is 1. The lowest BCUT2D eigenvalue weighted by molar-refractivity contribution is -0.116. The Bertz CT molecular complexity index is 1210. The molecular weight excluding hydrogens is 460 g/mol. The van der Waals surface area contributed by atoms with Gasteiger partial charge in [0.05, 0.1) is 17.5 Å². The van der Waals surface area contributed by atoms with Crippen LogP contribution in [0.3, 0.4) is 0 Å². The molecule has 0 aliphatic heterocycles. The third-order valence-corrected chi connectivity index (χ3v) is 5.78. The monoisotopic (exact) mass is 478 g/mol. The molecule has 10 heteroatoms. The van der Waals surface area contributed by atoms with E-state index < -0.39 is 22.5 Å². The molecule has 0 radical (unpaired) electrons. The fraction of sp³-hybridized carbons (Fsp3) is 0.211. The van der Waals surface area contributed by atoms with Gasteiger partial charge in [0.1, 0.15) is 6.54 Å². The van der Waals surface area contributed by atoms with Gasteiger partial charge in [0.2, 0.25) is 15.9 Å². The van der Waals surface area contributed by atoms with Gasteiger partial charge >= 0.3 is 0 Å². The number of sulfonamides is 1. The highest BCUT2D eigenvalue weighted by atomic mass is 79.9. The number of azo groups is 1. The average Bonchev–Trinajstić information content (AvgIpc) is 2.90. The number of rotatable bonds is 5. The van der Waals surface area contributed by atoms with Crippen LogP contribution < -0.4 is 4.31 Å². The predicted molar refractivity (Wildman–Crippen MR) is 115 cm³/mol. The number of carbonyl (C=O) groups is 1. The van der Waals surface area contributed by atoms with E-state index in [1.165, 1.54) is 0 Å². The zero-order valence-corrected chi connectivity index (χ0v) is 18.4. The first-order valence-electron chi connectivity index (χ1n) is 8.55. The number of benzene rings is 2. The van der Waals surface area contributed by atoms with Crippen LogP contribution >= 0.6 is 15.9 Å². The molecule has 0 saturated heterocycles. The SMILES string of the molecule is Cc1cc(C)cc(N(CC(=O)N=Nc2c(O)[nH]c3ccc(Br)cc23)S(C)(=O)=O)c1. The van der Waals surface area contributed by atoms with E-state index in [1.54, 1.807) is 30.3 Å². The van der Waals surface area contributed by atoms with Crippen molar-refractivity contribution >= 4 is 54.1 Å². The second-order valence-corrected chi connectivity index (χ2v) is 9.54. The molecule has 0 saturated carbocycles. The molecule has 0 fully saturated rings. The van der Waals surface area contributed by atoms with Crippen molar-refractivity contribution in [3.63, 3.8) is 0 Å². The molecular formula is C19H19BrN4O4S. The first-order chi connectivity index (χ1) is 13.5. The van der Waals surface area contributed by atoms with Crippen molar-refractivity contribution in [2.75, 3.05) is 17.1 Å². The number of carbonyl (C=O) groups excluding carboxylic acids is 1. The van der Waals surface area contributed by atoms with Crippen LogP contribution in [0.25, 0.3) is 10.9 Å². The van der Waals surface area contributed by atoms with Crippen molar-refractivity contribution in [1.82, 2.24) is 4.98 Å². The fourth-order valence-corrected chi connectivity index (χ4v) is 4.19. The maximum Gasteiger partial charge on any atom is 0.285 e. The maximum absolute atomic E-state index is 12.4. The lowest BCUT2D eigenvalue weighted by Crippen LogP contribution is -2.34. The minimum Gasteiger partial charge on any atom is -0.493 e. The number of nitrogens with zero attached hydrogens (tertiary/aromatic N) is 3. The van der Waals surface area contributed by atoms with E-state index >= 15 is 0 Å². The second-order valence-electron chi connectivity index (χ2n) is 6.72. The number of amides is 1. The van der Waals surface area contributed by atoms with Gasteiger partial charge in [-0.1, -0.05) is 22.0 Å². The minimum atomic E-state index is -3.72. The van der Waals surface area contributed by atoms with Crippen molar-refractivity contribution in [3.05, 3.63) is 52.0 Å². The molecule has 3 aromatic rings. The number of anilines is 1. The van der Waals surface area contributed by atoms with Gasteiger partial charge < -0.3 is 10.1 Å². The third-order valence-electron chi connectivity index (χ3n) is 4.15. The number of H-pyrrole nitrogens is 1. The number of hydrogen-bond acceptors (Lipinski definition) is 5. The summed E-state index contributed by atoms with van der Waals surface area (Å²) < 4.78 is 26.2. The summed E-state index contributed by atoms with van der Waals surface area (Å²) in [4.78, 5) is 15.1. The number of aromatic nitrogens is 1. The van der Waals surface area contributed by atoms with Crippen molar-refractivity contribution in [2.45, 2.75) is 13.8 Å². The highest BCUT2D eigenvalue weighted by molar-refractivity contribution is 9.10. The smallest absolute Gasteiger partial charge is 0.285 e. The van der Waals surface area contributed by atoms with E-state index in [2.05, 4.69) is 31.1 Å². The summed E-state index contributed by atoms with van der Waals surface area (Å²) in [5.41, 5.74) is 2.86. The van der Waals surface area contributed by atoms with Gasteiger partial charge in [-0.05, 0) is 55.3 Å². The molecule has 1 amide bonds. The maximum atomic E-state index is 12.4. The van der Waals surface area contributed by atoms with Gasteiger partial charge in [-0.25, -0.2) is 8.42 Å². The second kappa shape index (κ2) is 7.96. The minimum absolute atomic E-state index is 0.104. The highest BCUT2D eigenvalue weighted by Crippen LogP contribution is 2.36. The first kappa shape index (κ1) is 21.0. The summed E-state index contributed by atoms with van der Waals surface area (Å²) in [6.45, 7) is 3.19. The molecule has 2 N–H and O–H groups in total. The summed E-state index contributed by atoms with van der Waals surface area (Å²) in [6, 6.07) is 10.5. The summed E-state index contributed by atoms with van der Waals surface area (Å²) in [5.74, 6) is -0.998. The third kappa shape index (κ3) is 4.83. The van der Waals surface area contributed by atoms with E-state index in [9.17, 15) is 18.3 Å². The quantitative estimate of drug-likeness (QED) is 0.530. The lowest BCUT2D eigenvalue weighted by atomic mass is 10.1. The standard InChI is InChI=1S/C19H19BrN4O4S/c1-11-6-12(2)8-14(7-11)24(29(3,27)28)10-17(25)22-23-18-15-9-13(20)4-5-16(15)21-19(18)26/h4-9,21,26H,10H2,1-3H3. The Kier molecular flexibility index (Phi) is 5.76. The Morgan fingerprint density at radius 3 is 2.45 bits per heavy atom. The molecule has 1 heterocycles. The Labute approximate surface area is 176 Å². The molecule has 2 aromatic carbocycles. The molecule has 0 atom stereocenters. The molecule has 1 aromatic heterocycles. The van der Waals surface area contributed by atoms with Gasteiger partial charge in [0, 0.05) is 9.86 Å². The molecule has 29 heavy (non-hydrogen) atoms. The molecule has 0 spiro atoms. The Morgan fingerprint density at radius 2 is 1.83 bits per heavy atom. The Morgan fingerprint density at radius 1 is 1.17 bits per heavy atom. The van der Waals surface area contributed by atoms with Crippen LogP contribution in [0.1, 0.15) is 11.1 Å². The number of aromatic hydroxyl groups is 1. The number of fused-ring (bicyclic) bond motifs is 1. The zero-order chi connectivity index (χ0) is 21.3. The average molecular weight is 479 g/mol. The van der Waals surface area contributed by atoms with Gasteiger partial charge in [0.15, 0.2) is 5.69 Å². The molecule has 8 nitrogen and oxygen atoms in total. The van der Waals surface area contributed by atoms with Crippen molar-refractivity contribution < 1.29 is 18.3 Å². The van der Waals surface area contributed by atoms with E-state index in [-0.39, 0.29) is 11.6 Å². The molecule has 0 unspecified atom stereocenters. The van der Waals surface area contributed by atoms with Gasteiger partial charge in [-0.2, -0.15) is 0 Å². The van der Waals surface area contributed by atoms with Crippen LogP contribution in [-0.2, 0) is 14.8 Å². The van der Waals surface area contributed by atoms with Crippen LogP contribution in [0.4, 0.5) is 11.4 Å². The van der Waals surface area contributed by atoms with Crippen LogP contribution in [0, 0.1) is 13.8 Å². The number of nitrogens with one attached hydrogen (secondary N) is 1. The number of aromatic amines is 1. The number of hydrogen-bond donors (Lipinski definition) is 2. The van der Waals surface area contributed by atoms with E-state index in [0.717, 1.165) is 26.2 Å². The van der Waals surface area contributed by atoms with Crippen molar-refractivity contribution in [1.29, 1.82) is 0 Å². The largest absolute Gasteiger partial charge is 0.493 e. The molecule has 3 rings (SSSR count). The predicted octanol–water partition coefficient (Wildman–Crippen LogP) is 4.33. The number of aryl methyl sites for hydroxylation is 2. The summed E-state index contributed by atoms with van der Waals surface area (Å²) in [6.07, 6.45) is 1.03. The van der Waals surface area contributed by atoms with Gasteiger partial charge in [-0.15, -0.1) is 10.2 Å². The normalized spacial score (nSPS) is 12.0. The Hall–Kier alpha value is -2.72. The molecule has 0 aliphatic carbocycles. The lowest BCUT2D eigenvalue weighted by Gasteiger charge is -2.21. The fourth-order valence-electron chi connectivity index (χ4n) is 2.99.